The van der Waals surface area contributed by atoms with Crippen LogP contribution in [0.25, 0.3) is 0 Å². The molecule has 0 radical (unpaired) electrons. The highest BCUT2D eigenvalue weighted by atomic mass is 16.7. The smallest absolute Gasteiger partial charge is 0.228 e. The van der Waals surface area contributed by atoms with Crippen molar-refractivity contribution in [2.24, 2.45) is 0 Å². The van der Waals surface area contributed by atoms with Gasteiger partial charge >= 0.3 is 0 Å². The van der Waals surface area contributed by atoms with Crippen LogP contribution in [-0.4, -0.2) is 78.5 Å². The van der Waals surface area contributed by atoms with E-state index in [0.717, 1.165) is 17.7 Å². The summed E-state index contributed by atoms with van der Waals surface area (Å²) in [7, 11) is 3.38. The number of methoxy groups -OCH3 is 1. The second-order valence-corrected chi connectivity index (χ2v) is 5.64. The van der Waals surface area contributed by atoms with Gasteiger partial charge in [-0.25, -0.2) is 0 Å². The summed E-state index contributed by atoms with van der Waals surface area (Å²) in [4.78, 5) is 0. The van der Waals surface area contributed by atoms with Gasteiger partial charge in [0.2, 0.25) is 6.29 Å². The number of aliphatic hydroxyl groups excluding tert-OH is 4. The van der Waals surface area contributed by atoms with Gasteiger partial charge < -0.3 is 40.0 Å². The van der Waals surface area contributed by atoms with Crippen molar-refractivity contribution in [2.75, 3.05) is 27.4 Å². The molecule has 0 bridgehead atoms. The molecule has 1 aliphatic carbocycles. The summed E-state index contributed by atoms with van der Waals surface area (Å²) >= 11 is 0. The maximum Gasteiger partial charge on any atom is 0.228 e. The normalized spacial score (nSPS) is 35.0. The lowest BCUT2D eigenvalue weighted by Crippen LogP contribution is -2.59. The fourth-order valence-corrected chi connectivity index (χ4v) is 2.70. The Morgan fingerprint density at radius 1 is 1.22 bits per heavy atom. The van der Waals surface area contributed by atoms with Gasteiger partial charge in [-0.05, 0) is 18.1 Å². The van der Waals surface area contributed by atoms with Crippen LogP contribution in [0.2, 0.25) is 0 Å². The lowest BCUT2D eigenvalue weighted by atomic mass is 9.99. The average Bonchev–Trinajstić information content (AvgIpc) is 2.56. The Hall–Kier alpha value is -1.16. The number of ether oxygens (including phenoxy) is 3. The third kappa shape index (κ3) is 4.03. The molecule has 0 saturated carbocycles. The van der Waals surface area contributed by atoms with Crippen molar-refractivity contribution in [1.29, 1.82) is 0 Å². The second-order valence-electron chi connectivity index (χ2n) is 5.64. The molecular weight excluding hydrogens is 306 g/mol. The first-order chi connectivity index (χ1) is 11.0. The van der Waals surface area contributed by atoms with Gasteiger partial charge in [0.1, 0.15) is 30.2 Å². The zero-order chi connectivity index (χ0) is 17.0. The molecule has 5 unspecified atom stereocenters. The maximum atomic E-state index is 10.0. The Labute approximate surface area is 135 Å². The van der Waals surface area contributed by atoms with Crippen molar-refractivity contribution >= 4 is 0 Å². The molecule has 1 aliphatic heterocycles. The van der Waals surface area contributed by atoms with Gasteiger partial charge in [0.25, 0.3) is 0 Å². The van der Waals surface area contributed by atoms with Crippen LogP contribution in [0.5, 0.6) is 0 Å². The molecule has 5 atom stereocenters. The van der Waals surface area contributed by atoms with E-state index in [-0.39, 0.29) is 0 Å². The first kappa shape index (κ1) is 18.2. The number of nitrogens with one attached hydrogen (secondary N) is 1. The molecule has 8 heteroatoms. The Balaban J connectivity index is 2.13. The van der Waals surface area contributed by atoms with Crippen LogP contribution in [-0.2, 0) is 14.2 Å². The summed E-state index contributed by atoms with van der Waals surface area (Å²) in [5.41, 5.74) is 1.85. The average molecular weight is 331 g/mol. The van der Waals surface area contributed by atoms with E-state index in [0.29, 0.717) is 18.8 Å². The zero-order valence-corrected chi connectivity index (χ0v) is 13.3. The monoisotopic (exact) mass is 331 g/mol. The van der Waals surface area contributed by atoms with Crippen LogP contribution < -0.4 is 5.32 Å². The fraction of sp³-hybridized carbons (Fsp3) is 0.733. The van der Waals surface area contributed by atoms with Crippen molar-refractivity contribution in [3.8, 4) is 0 Å². The molecule has 8 nitrogen and oxygen atoms in total. The maximum absolute atomic E-state index is 10.0. The molecule has 0 amide bonds. The SMILES string of the molecule is CNC1=C(OC2OC(CO)C(O)C(O)C2O)CCC(COC)=C1. The largest absolute Gasteiger partial charge is 0.464 e. The molecule has 5 N–H and O–H groups in total. The van der Waals surface area contributed by atoms with Crippen molar-refractivity contribution in [2.45, 2.75) is 43.5 Å². The molecule has 0 aromatic heterocycles. The van der Waals surface area contributed by atoms with E-state index in [1.54, 1.807) is 14.2 Å². The Bertz CT molecular complexity index is 463. The van der Waals surface area contributed by atoms with Crippen molar-refractivity contribution < 1.29 is 34.6 Å². The van der Waals surface area contributed by atoms with E-state index in [1.165, 1.54) is 0 Å². The molecule has 2 aliphatic rings. The second kappa shape index (κ2) is 8.09. The van der Waals surface area contributed by atoms with E-state index in [2.05, 4.69) is 5.32 Å². The summed E-state index contributed by atoms with van der Waals surface area (Å²) in [5.74, 6) is 0.580. The zero-order valence-electron chi connectivity index (χ0n) is 13.3. The standard InChI is InChI=1S/C15H25NO7/c1-16-9-5-8(7-21-2)3-4-10(9)22-15-14(20)13(19)12(18)11(6-17)23-15/h5,11-20H,3-4,6-7H2,1-2H3. The van der Waals surface area contributed by atoms with Gasteiger partial charge in [0, 0.05) is 20.6 Å². The molecule has 1 fully saturated rings. The number of hydrogen-bond acceptors (Lipinski definition) is 8. The van der Waals surface area contributed by atoms with Crippen molar-refractivity contribution in [3.05, 3.63) is 23.1 Å². The van der Waals surface area contributed by atoms with Gasteiger partial charge in [-0.2, -0.15) is 0 Å². The third-order valence-corrected chi connectivity index (χ3v) is 4.03. The first-order valence-corrected chi connectivity index (χ1v) is 7.58. The lowest BCUT2D eigenvalue weighted by Gasteiger charge is -2.40. The summed E-state index contributed by atoms with van der Waals surface area (Å²) in [6.45, 7) is 0.0408. The molecule has 1 saturated heterocycles. The van der Waals surface area contributed by atoms with Crippen LogP contribution in [0, 0.1) is 0 Å². The molecule has 0 aromatic carbocycles. The van der Waals surface area contributed by atoms with E-state index in [1.807, 2.05) is 6.08 Å². The van der Waals surface area contributed by atoms with Crippen molar-refractivity contribution in [3.63, 3.8) is 0 Å². The Morgan fingerprint density at radius 2 is 1.96 bits per heavy atom. The van der Waals surface area contributed by atoms with Gasteiger partial charge in [-0.1, -0.05) is 0 Å². The number of rotatable bonds is 6. The van der Waals surface area contributed by atoms with E-state index in [4.69, 9.17) is 14.2 Å². The van der Waals surface area contributed by atoms with Crippen LogP contribution in [0.3, 0.4) is 0 Å². The van der Waals surface area contributed by atoms with E-state index < -0.39 is 37.3 Å². The quantitative estimate of drug-likeness (QED) is 0.403. The summed E-state index contributed by atoms with van der Waals surface area (Å²) in [6.07, 6.45) is -3.18. The highest BCUT2D eigenvalue weighted by Crippen LogP contribution is 2.29. The minimum absolute atomic E-state index is 0.485. The van der Waals surface area contributed by atoms with Crippen LogP contribution in [0.1, 0.15) is 12.8 Å². The highest BCUT2D eigenvalue weighted by Gasteiger charge is 2.45. The van der Waals surface area contributed by atoms with Gasteiger partial charge in [0.05, 0.1) is 18.9 Å². The predicted octanol–water partition coefficient (Wildman–Crippen LogP) is -1.40. The number of likely N-dealkylation sites (N-methyl/N-ethyl adjacent to an activating group) is 1. The topological polar surface area (TPSA) is 121 Å². The number of aliphatic hydroxyl groups is 4. The van der Waals surface area contributed by atoms with Crippen LogP contribution in [0.4, 0.5) is 0 Å². The molecule has 2 rings (SSSR count). The molecule has 132 valence electrons. The minimum atomic E-state index is -1.45. The van der Waals surface area contributed by atoms with Crippen LogP contribution >= 0.6 is 0 Å². The summed E-state index contributed by atoms with van der Waals surface area (Å²) in [6, 6.07) is 0. The molecule has 1 heterocycles. The Kier molecular flexibility index (Phi) is 6.40. The summed E-state index contributed by atoms with van der Waals surface area (Å²) in [5, 5.41) is 41.8. The van der Waals surface area contributed by atoms with Gasteiger partial charge in [-0.15, -0.1) is 0 Å². The lowest BCUT2D eigenvalue weighted by molar-refractivity contribution is -0.292. The van der Waals surface area contributed by atoms with Crippen molar-refractivity contribution in [1.82, 2.24) is 5.32 Å². The van der Waals surface area contributed by atoms with E-state index in [9.17, 15) is 20.4 Å². The van der Waals surface area contributed by atoms with Gasteiger partial charge in [0.15, 0.2) is 0 Å². The third-order valence-electron chi connectivity index (χ3n) is 4.03. The predicted molar refractivity (Wildman–Crippen MR) is 80.1 cm³/mol. The fourth-order valence-electron chi connectivity index (χ4n) is 2.70. The highest BCUT2D eigenvalue weighted by molar-refractivity contribution is 5.30. The molecule has 0 spiro atoms. The first-order valence-electron chi connectivity index (χ1n) is 7.58. The summed E-state index contributed by atoms with van der Waals surface area (Å²) < 4.78 is 16.2. The number of allylic oxidation sites excluding steroid dienone is 2. The van der Waals surface area contributed by atoms with Gasteiger partial charge in [-0.3, -0.25) is 0 Å². The number of hydrogen-bond donors (Lipinski definition) is 5. The Morgan fingerprint density at radius 3 is 2.57 bits per heavy atom. The molecular formula is C15H25NO7. The van der Waals surface area contributed by atoms with E-state index >= 15 is 0 Å². The van der Waals surface area contributed by atoms with Crippen LogP contribution in [0.15, 0.2) is 23.1 Å². The minimum Gasteiger partial charge on any atom is -0.464 e. The molecule has 0 aromatic rings. The molecule has 23 heavy (non-hydrogen) atoms.